The summed E-state index contributed by atoms with van der Waals surface area (Å²) < 4.78 is 0. The third-order valence-corrected chi connectivity index (χ3v) is 1.89. The van der Waals surface area contributed by atoms with Gasteiger partial charge in [-0.25, -0.2) is 0 Å². The smallest absolute Gasteiger partial charge is 0.207 e. The SMILES string of the molecule is CCCCCCC#CC(=O)C(C)C. The molecule has 0 unspecified atom stereocenters. The molecule has 1 nitrogen and oxygen atoms in total. The van der Waals surface area contributed by atoms with Crippen LogP contribution in [0.4, 0.5) is 0 Å². The van der Waals surface area contributed by atoms with E-state index in [1.807, 2.05) is 13.8 Å². The van der Waals surface area contributed by atoms with Crippen LogP contribution in [0.15, 0.2) is 0 Å². The van der Waals surface area contributed by atoms with Gasteiger partial charge >= 0.3 is 0 Å². The average Bonchev–Trinajstić information content (AvgIpc) is 2.10. The highest BCUT2D eigenvalue weighted by molar-refractivity contribution is 5.96. The minimum absolute atomic E-state index is 0.0585. The molecule has 74 valence electrons. The Morgan fingerprint density at radius 1 is 1.23 bits per heavy atom. The van der Waals surface area contributed by atoms with Crippen LogP contribution in [0, 0.1) is 17.8 Å². The van der Waals surface area contributed by atoms with Crippen LogP contribution in [0.2, 0.25) is 0 Å². The summed E-state index contributed by atoms with van der Waals surface area (Å²) in [5.74, 6) is 5.72. The van der Waals surface area contributed by atoms with Gasteiger partial charge in [0.15, 0.2) is 0 Å². The van der Waals surface area contributed by atoms with E-state index >= 15 is 0 Å². The van der Waals surface area contributed by atoms with Crippen molar-refractivity contribution in [3.05, 3.63) is 0 Å². The Morgan fingerprint density at radius 3 is 2.46 bits per heavy atom. The van der Waals surface area contributed by atoms with E-state index in [2.05, 4.69) is 18.8 Å². The molecule has 0 aromatic carbocycles. The predicted molar refractivity (Wildman–Crippen MR) is 56.4 cm³/mol. The number of ketones is 1. The fraction of sp³-hybridized carbons (Fsp3) is 0.750. The molecule has 0 radical (unpaired) electrons. The summed E-state index contributed by atoms with van der Waals surface area (Å²) in [4.78, 5) is 11.1. The van der Waals surface area contributed by atoms with Gasteiger partial charge in [0.25, 0.3) is 0 Å². The van der Waals surface area contributed by atoms with Crippen molar-refractivity contribution in [1.82, 2.24) is 0 Å². The van der Waals surface area contributed by atoms with Gasteiger partial charge in [0.05, 0.1) is 0 Å². The largest absolute Gasteiger partial charge is 0.285 e. The number of unbranched alkanes of at least 4 members (excludes halogenated alkanes) is 4. The Morgan fingerprint density at radius 2 is 1.92 bits per heavy atom. The quantitative estimate of drug-likeness (QED) is 0.361. The maximum absolute atomic E-state index is 11.1. The second kappa shape index (κ2) is 7.86. The molecule has 0 N–H and O–H groups in total. The van der Waals surface area contributed by atoms with Crippen LogP contribution in [0.3, 0.4) is 0 Å². The van der Waals surface area contributed by atoms with Gasteiger partial charge in [-0.2, -0.15) is 0 Å². The van der Waals surface area contributed by atoms with Crippen molar-refractivity contribution in [3.63, 3.8) is 0 Å². The summed E-state index contributed by atoms with van der Waals surface area (Å²) in [7, 11) is 0. The molecule has 0 aromatic heterocycles. The Kier molecular flexibility index (Phi) is 7.39. The second-order valence-corrected chi connectivity index (χ2v) is 3.63. The number of hydrogen-bond donors (Lipinski definition) is 0. The molecule has 13 heavy (non-hydrogen) atoms. The minimum atomic E-state index is 0.0585. The summed E-state index contributed by atoms with van der Waals surface area (Å²) in [5, 5.41) is 0. The molecule has 0 amide bonds. The molecule has 0 atom stereocenters. The second-order valence-electron chi connectivity index (χ2n) is 3.63. The van der Waals surface area contributed by atoms with E-state index in [4.69, 9.17) is 0 Å². The molecule has 0 bridgehead atoms. The third kappa shape index (κ3) is 7.59. The lowest BCUT2D eigenvalue weighted by Gasteiger charge is -1.93. The number of Topliss-reactive ketones (excluding diaryl/α,β-unsaturated/α-hetero) is 1. The summed E-state index contributed by atoms with van der Waals surface area (Å²) in [6.45, 7) is 5.95. The Balaban J connectivity index is 3.45. The van der Waals surface area contributed by atoms with Gasteiger partial charge in [-0.05, 0) is 12.3 Å². The van der Waals surface area contributed by atoms with Crippen molar-refractivity contribution in [1.29, 1.82) is 0 Å². The summed E-state index contributed by atoms with van der Waals surface area (Å²) in [5.41, 5.74) is 0. The van der Waals surface area contributed by atoms with Crippen LogP contribution < -0.4 is 0 Å². The van der Waals surface area contributed by atoms with Crippen molar-refractivity contribution >= 4 is 5.78 Å². The highest BCUT2D eigenvalue weighted by atomic mass is 16.1. The zero-order chi connectivity index (χ0) is 10.1. The molecule has 0 saturated carbocycles. The first-order chi connectivity index (χ1) is 6.18. The van der Waals surface area contributed by atoms with E-state index in [-0.39, 0.29) is 11.7 Å². The lowest BCUT2D eigenvalue weighted by molar-refractivity contribution is -0.116. The van der Waals surface area contributed by atoms with Gasteiger partial charge in [-0.3, -0.25) is 4.79 Å². The summed E-state index contributed by atoms with van der Waals surface area (Å²) >= 11 is 0. The molecule has 0 fully saturated rings. The molecule has 0 rings (SSSR count). The monoisotopic (exact) mass is 180 g/mol. The fourth-order valence-corrected chi connectivity index (χ4v) is 0.934. The predicted octanol–water partition coefficient (Wildman–Crippen LogP) is 3.19. The van der Waals surface area contributed by atoms with Crippen LogP contribution >= 0.6 is 0 Å². The Bertz CT molecular complexity index is 193. The molecule has 0 saturated heterocycles. The zero-order valence-electron chi connectivity index (χ0n) is 9.02. The molecule has 1 heteroatoms. The number of hydrogen-bond acceptors (Lipinski definition) is 1. The first kappa shape index (κ1) is 12.2. The summed E-state index contributed by atoms with van der Waals surface area (Å²) in [6.07, 6.45) is 5.77. The minimum Gasteiger partial charge on any atom is -0.285 e. The van der Waals surface area contributed by atoms with Gasteiger partial charge in [0.2, 0.25) is 5.78 Å². The molecule has 0 aliphatic carbocycles. The normalized spacial score (nSPS) is 9.54. The standard InChI is InChI=1S/C12H20O/c1-4-5-6-7-8-9-10-12(13)11(2)3/h11H,4-8H2,1-3H3. The van der Waals surface area contributed by atoms with Crippen LogP contribution in [0.25, 0.3) is 0 Å². The average molecular weight is 180 g/mol. The van der Waals surface area contributed by atoms with Gasteiger partial charge in [-0.15, -0.1) is 0 Å². The highest BCUT2D eigenvalue weighted by Crippen LogP contribution is 2.01. The van der Waals surface area contributed by atoms with Crippen LogP contribution in [0.5, 0.6) is 0 Å². The first-order valence-corrected chi connectivity index (χ1v) is 5.21. The van der Waals surface area contributed by atoms with E-state index in [1.54, 1.807) is 0 Å². The Labute approximate surface area is 81.9 Å². The van der Waals surface area contributed by atoms with Crippen LogP contribution in [0.1, 0.15) is 52.9 Å². The highest BCUT2D eigenvalue weighted by Gasteiger charge is 2.00. The van der Waals surface area contributed by atoms with Crippen molar-refractivity contribution in [2.24, 2.45) is 5.92 Å². The topological polar surface area (TPSA) is 17.1 Å². The van der Waals surface area contributed by atoms with Gasteiger partial charge in [0, 0.05) is 12.3 Å². The lowest BCUT2D eigenvalue weighted by Crippen LogP contribution is -2.02. The van der Waals surface area contributed by atoms with Crippen LogP contribution in [-0.2, 0) is 4.79 Å². The van der Waals surface area contributed by atoms with Crippen LogP contribution in [-0.4, -0.2) is 5.78 Å². The molecule has 0 aliphatic heterocycles. The van der Waals surface area contributed by atoms with Crippen molar-refractivity contribution in [3.8, 4) is 11.8 Å². The summed E-state index contributed by atoms with van der Waals surface area (Å²) in [6, 6.07) is 0. The fourth-order valence-electron chi connectivity index (χ4n) is 0.934. The Hall–Kier alpha value is -0.770. The van der Waals surface area contributed by atoms with Gasteiger partial charge < -0.3 is 0 Å². The van der Waals surface area contributed by atoms with E-state index in [1.165, 1.54) is 19.3 Å². The zero-order valence-corrected chi connectivity index (χ0v) is 9.02. The number of carbonyl (C=O) groups is 1. The molecule has 0 heterocycles. The van der Waals surface area contributed by atoms with Crippen molar-refractivity contribution in [2.45, 2.75) is 52.9 Å². The van der Waals surface area contributed by atoms with E-state index in [0.29, 0.717) is 0 Å². The first-order valence-electron chi connectivity index (χ1n) is 5.21. The molecule has 0 aromatic rings. The molecule has 0 spiro atoms. The molecule has 0 aliphatic rings. The number of carbonyl (C=O) groups excluding carboxylic acids is 1. The number of rotatable bonds is 5. The van der Waals surface area contributed by atoms with E-state index < -0.39 is 0 Å². The van der Waals surface area contributed by atoms with Crippen molar-refractivity contribution < 1.29 is 4.79 Å². The maximum atomic E-state index is 11.1. The van der Waals surface area contributed by atoms with Gasteiger partial charge in [0.1, 0.15) is 0 Å². The third-order valence-electron chi connectivity index (χ3n) is 1.89. The molecular weight excluding hydrogens is 160 g/mol. The van der Waals surface area contributed by atoms with E-state index in [9.17, 15) is 4.79 Å². The lowest BCUT2D eigenvalue weighted by atomic mass is 10.1. The van der Waals surface area contributed by atoms with Crippen molar-refractivity contribution in [2.75, 3.05) is 0 Å². The van der Waals surface area contributed by atoms with E-state index in [0.717, 1.165) is 12.8 Å². The van der Waals surface area contributed by atoms with Gasteiger partial charge in [-0.1, -0.05) is 46.0 Å². The molecular formula is C12H20O. The maximum Gasteiger partial charge on any atom is 0.207 e.